The molecule has 0 saturated carbocycles. The monoisotopic (exact) mass is 344 g/mol. The minimum Gasteiger partial charge on any atom is -0.0905 e. The maximum atomic E-state index is 4.43. The summed E-state index contributed by atoms with van der Waals surface area (Å²) >= 11 is 0. The minimum atomic E-state index is 1.04. The third-order valence-corrected chi connectivity index (χ3v) is 5.32. The molecule has 0 aromatic heterocycles. The molecule has 0 N–H and O–H groups in total. The summed E-state index contributed by atoms with van der Waals surface area (Å²) in [4.78, 5) is 0. The average molecular weight is 345 g/mol. The number of benzene rings is 2. The second-order valence-electron chi connectivity index (χ2n) is 7.30. The molecule has 0 fully saturated rings. The molecule has 0 heterocycles. The van der Waals surface area contributed by atoms with E-state index in [1.807, 2.05) is 0 Å². The molecular weight excluding hydrogens is 312 g/mol. The standard InChI is InChI=1S/C26H32/c1-9-11-23-15-20(6)26(16-19(23)5)22(8)25(10-2)21(7)24-13-12-17(3)18(4)14-24/h10,12-16H,7-9,11H2,1-6H3/b25-10-. The summed E-state index contributed by atoms with van der Waals surface area (Å²) in [6.07, 6.45) is 4.43. The molecular formula is C26H32. The van der Waals surface area contributed by atoms with Gasteiger partial charge < -0.3 is 0 Å². The molecule has 0 aliphatic carbocycles. The molecule has 0 spiro atoms. The molecule has 0 aliphatic heterocycles. The van der Waals surface area contributed by atoms with Crippen LogP contribution in [0.1, 0.15) is 59.2 Å². The van der Waals surface area contributed by atoms with Crippen LogP contribution in [0, 0.1) is 27.7 Å². The molecule has 0 aliphatic rings. The van der Waals surface area contributed by atoms with Gasteiger partial charge in [-0.05, 0) is 96.7 Å². The highest BCUT2D eigenvalue weighted by Gasteiger charge is 2.14. The van der Waals surface area contributed by atoms with Crippen LogP contribution >= 0.6 is 0 Å². The zero-order valence-electron chi connectivity index (χ0n) is 17.3. The third kappa shape index (κ3) is 4.07. The fourth-order valence-electron chi connectivity index (χ4n) is 3.50. The van der Waals surface area contributed by atoms with E-state index in [4.69, 9.17) is 0 Å². The summed E-state index contributed by atoms with van der Waals surface area (Å²) in [5.41, 5.74) is 12.3. The first-order valence-electron chi connectivity index (χ1n) is 9.53. The molecule has 136 valence electrons. The molecule has 2 aromatic carbocycles. The van der Waals surface area contributed by atoms with Gasteiger partial charge in [-0.3, -0.25) is 0 Å². The summed E-state index contributed by atoms with van der Waals surface area (Å²) in [6.45, 7) is 21.8. The van der Waals surface area contributed by atoms with Gasteiger partial charge in [-0.2, -0.15) is 0 Å². The number of rotatable bonds is 6. The molecule has 2 aromatic rings. The van der Waals surface area contributed by atoms with E-state index in [2.05, 4.69) is 91.1 Å². The van der Waals surface area contributed by atoms with E-state index < -0.39 is 0 Å². The van der Waals surface area contributed by atoms with Crippen molar-refractivity contribution in [2.45, 2.75) is 54.4 Å². The Morgan fingerprint density at radius 3 is 2.12 bits per heavy atom. The number of hydrogen-bond donors (Lipinski definition) is 0. The molecule has 26 heavy (non-hydrogen) atoms. The Bertz CT molecular complexity index is 875. The van der Waals surface area contributed by atoms with Gasteiger partial charge >= 0.3 is 0 Å². The molecule has 0 radical (unpaired) electrons. The quantitative estimate of drug-likeness (QED) is 0.475. The number of allylic oxidation sites excluding steroid dienone is 4. The Kier molecular flexibility index (Phi) is 6.42. The summed E-state index contributed by atoms with van der Waals surface area (Å²) in [7, 11) is 0. The van der Waals surface area contributed by atoms with Gasteiger partial charge in [-0.15, -0.1) is 0 Å². The maximum Gasteiger partial charge on any atom is -0.0152 e. The van der Waals surface area contributed by atoms with Crippen LogP contribution in [0.5, 0.6) is 0 Å². The van der Waals surface area contributed by atoms with Crippen LogP contribution in [0.25, 0.3) is 11.1 Å². The zero-order valence-corrected chi connectivity index (χ0v) is 17.3. The number of hydrogen-bond acceptors (Lipinski definition) is 0. The molecule has 0 amide bonds. The highest BCUT2D eigenvalue weighted by molar-refractivity contribution is 5.97. The van der Waals surface area contributed by atoms with E-state index in [1.165, 1.54) is 45.4 Å². The lowest BCUT2D eigenvalue weighted by Gasteiger charge is -2.19. The van der Waals surface area contributed by atoms with E-state index in [0.717, 1.165) is 23.1 Å². The van der Waals surface area contributed by atoms with Gasteiger partial charge in [0.05, 0.1) is 0 Å². The highest BCUT2D eigenvalue weighted by Crippen LogP contribution is 2.35. The minimum absolute atomic E-state index is 1.04. The van der Waals surface area contributed by atoms with Crippen LogP contribution in [0.4, 0.5) is 0 Å². The first kappa shape index (κ1) is 20.0. The lowest BCUT2D eigenvalue weighted by atomic mass is 9.86. The van der Waals surface area contributed by atoms with Crippen molar-refractivity contribution in [2.24, 2.45) is 0 Å². The van der Waals surface area contributed by atoms with Crippen molar-refractivity contribution >= 4 is 11.1 Å². The van der Waals surface area contributed by atoms with Crippen LogP contribution in [0.3, 0.4) is 0 Å². The van der Waals surface area contributed by atoms with Crippen LogP contribution in [-0.2, 0) is 6.42 Å². The van der Waals surface area contributed by atoms with Crippen LogP contribution in [0.2, 0.25) is 0 Å². The summed E-state index contributed by atoms with van der Waals surface area (Å²) < 4.78 is 0. The van der Waals surface area contributed by atoms with E-state index in [-0.39, 0.29) is 0 Å². The Morgan fingerprint density at radius 1 is 0.846 bits per heavy atom. The molecule has 0 heteroatoms. The van der Waals surface area contributed by atoms with Crippen molar-refractivity contribution in [1.82, 2.24) is 0 Å². The number of aryl methyl sites for hydroxylation is 5. The summed E-state index contributed by atoms with van der Waals surface area (Å²) in [5.74, 6) is 0. The highest BCUT2D eigenvalue weighted by atomic mass is 14.2. The maximum absolute atomic E-state index is 4.43. The predicted molar refractivity (Wildman–Crippen MR) is 118 cm³/mol. The molecule has 0 unspecified atom stereocenters. The second kappa shape index (κ2) is 8.36. The topological polar surface area (TPSA) is 0 Å². The second-order valence-corrected chi connectivity index (χ2v) is 7.30. The molecule has 2 rings (SSSR count). The normalized spacial score (nSPS) is 11.5. The zero-order chi connectivity index (χ0) is 19.4. The van der Waals surface area contributed by atoms with Gasteiger partial charge in [0.1, 0.15) is 0 Å². The third-order valence-electron chi connectivity index (χ3n) is 5.32. The van der Waals surface area contributed by atoms with Crippen LogP contribution < -0.4 is 0 Å². The molecule has 0 bridgehead atoms. The fraction of sp³-hybridized carbons (Fsp3) is 0.308. The first-order valence-corrected chi connectivity index (χ1v) is 9.53. The van der Waals surface area contributed by atoms with Crippen molar-refractivity contribution in [1.29, 1.82) is 0 Å². The Balaban J connectivity index is 2.41. The van der Waals surface area contributed by atoms with Gasteiger partial charge in [0, 0.05) is 0 Å². The Hall–Kier alpha value is -2.34. The van der Waals surface area contributed by atoms with Crippen molar-refractivity contribution in [3.05, 3.63) is 94.1 Å². The van der Waals surface area contributed by atoms with Crippen molar-refractivity contribution in [2.75, 3.05) is 0 Å². The SMILES string of the molecule is C=C(/C(=C/C)C(=C)c1cc(C)c(CCC)cc1C)c1ccc(C)c(C)c1. The van der Waals surface area contributed by atoms with Crippen molar-refractivity contribution in [3.8, 4) is 0 Å². The first-order chi connectivity index (χ1) is 12.3. The fourth-order valence-corrected chi connectivity index (χ4v) is 3.50. The lowest BCUT2D eigenvalue weighted by Crippen LogP contribution is -1.99. The molecule has 0 atom stereocenters. The predicted octanol–water partition coefficient (Wildman–Crippen LogP) is 7.55. The Morgan fingerprint density at radius 2 is 1.54 bits per heavy atom. The van der Waals surface area contributed by atoms with E-state index >= 15 is 0 Å². The van der Waals surface area contributed by atoms with Gasteiger partial charge in [-0.25, -0.2) is 0 Å². The van der Waals surface area contributed by atoms with E-state index in [1.54, 1.807) is 0 Å². The van der Waals surface area contributed by atoms with Gasteiger partial charge in [0.15, 0.2) is 0 Å². The summed E-state index contributed by atoms with van der Waals surface area (Å²) in [6, 6.07) is 11.2. The Labute approximate surface area is 160 Å². The van der Waals surface area contributed by atoms with Crippen molar-refractivity contribution < 1.29 is 0 Å². The van der Waals surface area contributed by atoms with Crippen LogP contribution in [-0.4, -0.2) is 0 Å². The van der Waals surface area contributed by atoms with Gasteiger partial charge in [-0.1, -0.05) is 62.9 Å². The van der Waals surface area contributed by atoms with Crippen molar-refractivity contribution in [3.63, 3.8) is 0 Å². The summed E-state index contributed by atoms with van der Waals surface area (Å²) in [5, 5.41) is 0. The van der Waals surface area contributed by atoms with E-state index in [9.17, 15) is 0 Å². The largest absolute Gasteiger partial charge is 0.0905 e. The molecule has 0 saturated heterocycles. The molecule has 0 nitrogen and oxygen atoms in total. The smallest absolute Gasteiger partial charge is 0.0152 e. The van der Waals surface area contributed by atoms with E-state index in [0.29, 0.717) is 0 Å². The van der Waals surface area contributed by atoms with Gasteiger partial charge in [0.25, 0.3) is 0 Å². The van der Waals surface area contributed by atoms with Crippen LogP contribution in [0.15, 0.2) is 55.1 Å². The van der Waals surface area contributed by atoms with Gasteiger partial charge in [0.2, 0.25) is 0 Å². The lowest BCUT2D eigenvalue weighted by molar-refractivity contribution is 0.910. The average Bonchev–Trinajstić information content (AvgIpc) is 2.60.